The lowest BCUT2D eigenvalue weighted by molar-refractivity contribution is 0.477. The van der Waals surface area contributed by atoms with E-state index >= 15 is 0 Å². The number of thioether (sulfide) groups is 1. The normalized spacial score (nSPS) is 12.9. The van der Waals surface area contributed by atoms with Crippen molar-refractivity contribution in [1.82, 2.24) is 10.3 Å². The molecule has 0 saturated carbocycles. The average molecular weight is 258 g/mol. The Kier molecular flexibility index (Phi) is 7.89. The van der Waals surface area contributed by atoms with Crippen molar-refractivity contribution in [3.8, 4) is 0 Å². The second-order valence-electron chi connectivity index (χ2n) is 4.10. The minimum absolute atomic E-state index is 0.816. The van der Waals surface area contributed by atoms with Gasteiger partial charge in [0.05, 0.1) is 0 Å². The van der Waals surface area contributed by atoms with Crippen molar-refractivity contribution in [2.24, 2.45) is 5.92 Å². The largest absolute Gasteiger partial charge is 0.316 e. The molecule has 0 aromatic carbocycles. The molecule has 92 valence electrons. The average Bonchev–Trinajstić information content (AvgIpc) is 2.76. The maximum Gasteiger partial charge on any atom is 0.149 e. The van der Waals surface area contributed by atoms with E-state index in [0.717, 1.165) is 19.0 Å². The number of nitrogens with zero attached hydrogens (tertiary/aromatic N) is 1. The number of rotatable bonds is 9. The molecule has 0 bridgehead atoms. The Bertz CT molecular complexity index is 250. The van der Waals surface area contributed by atoms with E-state index in [2.05, 4.69) is 24.1 Å². The van der Waals surface area contributed by atoms with Gasteiger partial charge in [-0.3, -0.25) is 0 Å². The monoisotopic (exact) mass is 258 g/mol. The van der Waals surface area contributed by atoms with Crippen molar-refractivity contribution in [2.75, 3.05) is 18.8 Å². The molecule has 0 aliphatic heterocycles. The zero-order chi connectivity index (χ0) is 11.6. The third-order valence-electron chi connectivity index (χ3n) is 2.41. The second-order valence-corrected chi connectivity index (χ2v) is 6.33. The van der Waals surface area contributed by atoms with Gasteiger partial charge >= 0.3 is 0 Å². The van der Waals surface area contributed by atoms with Crippen molar-refractivity contribution in [2.45, 2.75) is 37.4 Å². The Morgan fingerprint density at radius 1 is 1.56 bits per heavy atom. The molecule has 1 aromatic heterocycles. The summed E-state index contributed by atoms with van der Waals surface area (Å²) in [5.41, 5.74) is 0. The molecule has 16 heavy (non-hydrogen) atoms. The first-order valence-electron chi connectivity index (χ1n) is 6.06. The van der Waals surface area contributed by atoms with E-state index in [0.29, 0.717) is 0 Å². The summed E-state index contributed by atoms with van der Waals surface area (Å²) in [4.78, 5) is 4.25. The summed E-state index contributed by atoms with van der Waals surface area (Å²) in [6, 6.07) is 0. The van der Waals surface area contributed by atoms with Gasteiger partial charge in [0.1, 0.15) is 4.34 Å². The standard InChI is InChI=1S/C12H22N2S2/c1-3-5-11(2)10-13-6-4-8-15-12-14-7-9-16-12/h7,9,11,13H,3-6,8,10H2,1-2H3. The van der Waals surface area contributed by atoms with Crippen LogP contribution in [0.1, 0.15) is 33.1 Å². The van der Waals surface area contributed by atoms with Crippen LogP contribution < -0.4 is 5.32 Å². The van der Waals surface area contributed by atoms with Gasteiger partial charge in [0.25, 0.3) is 0 Å². The van der Waals surface area contributed by atoms with Gasteiger partial charge in [-0.1, -0.05) is 32.0 Å². The summed E-state index contributed by atoms with van der Waals surface area (Å²) >= 11 is 3.59. The zero-order valence-electron chi connectivity index (χ0n) is 10.2. The molecule has 1 N–H and O–H groups in total. The summed E-state index contributed by atoms with van der Waals surface area (Å²) in [6.07, 6.45) is 5.73. The molecule has 0 amide bonds. The van der Waals surface area contributed by atoms with Crippen LogP contribution in [0.4, 0.5) is 0 Å². The summed E-state index contributed by atoms with van der Waals surface area (Å²) in [5, 5.41) is 5.55. The second kappa shape index (κ2) is 9.02. The number of hydrogen-bond donors (Lipinski definition) is 1. The highest BCUT2D eigenvalue weighted by Crippen LogP contribution is 2.20. The fourth-order valence-corrected chi connectivity index (χ4v) is 3.23. The highest BCUT2D eigenvalue weighted by Gasteiger charge is 1.99. The third kappa shape index (κ3) is 6.51. The summed E-state index contributed by atoms with van der Waals surface area (Å²) < 4.78 is 1.19. The van der Waals surface area contributed by atoms with Crippen LogP contribution in [-0.4, -0.2) is 23.8 Å². The maximum atomic E-state index is 4.25. The Morgan fingerprint density at radius 3 is 3.12 bits per heavy atom. The van der Waals surface area contributed by atoms with E-state index in [-0.39, 0.29) is 0 Å². The van der Waals surface area contributed by atoms with Crippen LogP contribution in [0.5, 0.6) is 0 Å². The van der Waals surface area contributed by atoms with E-state index < -0.39 is 0 Å². The van der Waals surface area contributed by atoms with Crippen LogP contribution in [0.15, 0.2) is 15.9 Å². The molecule has 1 heterocycles. The Morgan fingerprint density at radius 2 is 2.44 bits per heavy atom. The number of thiazole rings is 1. The van der Waals surface area contributed by atoms with Crippen LogP contribution >= 0.6 is 23.1 Å². The van der Waals surface area contributed by atoms with Crippen molar-refractivity contribution >= 4 is 23.1 Å². The van der Waals surface area contributed by atoms with Crippen LogP contribution in [0.25, 0.3) is 0 Å². The van der Waals surface area contributed by atoms with Crippen LogP contribution in [-0.2, 0) is 0 Å². The molecule has 0 spiro atoms. The van der Waals surface area contributed by atoms with E-state index in [1.807, 2.05) is 23.3 Å². The molecule has 2 nitrogen and oxygen atoms in total. The number of hydrogen-bond acceptors (Lipinski definition) is 4. The maximum absolute atomic E-state index is 4.25. The van der Waals surface area contributed by atoms with Crippen molar-refractivity contribution in [3.63, 3.8) is 0 Å². The molecular formula is C12H22N2S2. The van der Waals surface area contributed by atoms with E-state index in [1.54, 1.807) is 11.3 Å². The Labute approximate surface area is 107 Å². The van der Waals surface area contributed by atoms with E-state index in [1.165, 1.54) is 29.4 Å². The highest BCUT2D eigenvalue weighted by atomic mass is 32.2. The smallest absolute Gasteiger partial charge is 0.149 e. The third-order valence-corrected chi connectivity index (χ3v) is 4.46. The minimum atomic E-state index is 0.816. The molecule has 0 fully saturated rings. The topological polar surface area (TPSA) is 24.9 Å². The Balaban J connectivity index is 1.88. The van der Waals surface area contributed by atoms with Crippen molar-refractivity contribution in [3.05, 3.63) is 11.6 Å². The summed E-state index contributed by atoms with van der Waals surface area (Å²) in [5.74, 6) is 1.99. The number of aromatic nitrogens is 1. The first kappa shape index (κ1) is 14.0. The summed E-state index contributed by atoms with van der Waals surface area (Å²) in [6.45, 7) is 6.87. The first-order chi connectivity index (χ1) is 7.83. The lowest BCUT2D eigenvalue weighted by Crippen LogP contribution is -2.22. The van der Waals surface area contributed by atoms with Crippen molar-refractivity contribution in [1.29, 1.82) is 0 Å². The SMILES string of the molecule is CCCC(C)CNCCCSc1nccs1. The molecule has 4 heteroatoms. The van der Waals surface area contributed by atoms with Gasteiger partial charge in [0.15, 0.2) is 0 Å². The van der Waals surface area contributed by atoms with Gasteiger partial charge < -0.3 is 5.32 Å². The molecule has 1 atom stereocenters. The number of nitrogens with one attached hydrogen (secondary N) is 1. The van der Waals surface area contributed by atoms with Crippen LogP contribution in [0.3, 0.4) is 0 Å². The Hall–Kier alpha value is -0.0600. The van der Waals surface area contributed by atoms with Gasteiger partial charge in [-0.05, 0) is 31.8 Å². The molecule has 0 aliphatic rings. The fraction of sp³-hybridized carbons (Fsp3) is 0.750. The molecule has 1 aromatic rings. The van der Waals surface area contributed by atoms with Gasteiger partial charge in [0, 0.05) is 17.3 Å². The van der Waals surface area contributed by atoms with E-state index in [4.69, 9.17) is 0 Å². The zero-order valence-corrected chi connectivity index (χ0v) is 11.9. The molecule has 0 saturated heterocycles. The van der Waals surface area contributed by atoms with Crippen molar-refractivity contribution < 1.29 is 0 Å². The van der Waals surface area contributed by atoms with Crippen LogP contribution in [0.2, 0.25) is 0 Å². The van der Waals surface area contributed by atoms with Gasteiger partial charge in [-0.25, -0.2) is 4.98 Å². The first-order valence-corrected chi connectivity index (χ1v) is 7.92. The van der Waals surface area contributed by atoms with E-state index in [9.17, 15) is 0 Å². The lowest BCUT2D eigenvalue weighted by Gasteiger charge is -2.10. The highest BCUT2D eigenvalue weighted by molar-refractivity contribution is 8.00. The predicted molar refractivity (Wildman–Crippen MR) is 74.4 cm³/mol. The lowest BCUT2D eigenvalue weighted by atomic mass is 10.1. The molecule has 1 unspecified atom stereocenters. The minimum Gasteiger partial charge on any atom is -0.316 e. The molecule has 0 radical (unpaired) electrons. The van der Waals surface area contributed by atoms with Crippen LogP contribution in [0, 0.1) is 5.92 Å². The fourth-order valence-electron chi connectivity index (χ4n) is 1.58. The molecular weight excluding hydrogens is 236 g/mol. The molecule has 0 aliphatic carbocycles. The van der Waals surface area contributed by atoms with Gasteiger partial charge in [-0.2, -0.15) is 0 Å². The molecule has 1 rings (SSSR count). The quantitative estimate of drug-likeness (QED) is 0.540. The predicted octanol–water partition coefficient (Wildman–Crippen LogP) is 3.65. The summed E-state index contributed by atoms with van der Waals surface area (Å²) in [7, 11) is 0. The van der Waals surface area contributed by atoms with Gasteiger partial charge in [-0.15, -0.1) is 11.3 Å². The van der Waals surface area contributed by atoms with Gasteiger partial charge in [0.2, 0.25) is 0 Å².